The summed E-state index contributed by atoms with van der Waals surface area (Å²) in [4.78, 5) is 2.30. The normalized spacial score (nSPS) is 14.1. The number of aromatic nitrogens is 1. The van der Waals surface area contributed by atoms with Gasteiger partial charge in [0.1, 0.15) is 23.0 Å². The lowest BCUT2D eigenvalue weighted by Crippen LogP contribution is -2.58. The molecule has 2 aliphatic heterocycles. The maximum Gasteiger partial charge on any atom is 0.261 e. The molecule has 4 nitrogen and oxygen atoms in total. The third kappa shape index (κ3) is 5.42. The molecule has 0 amide bonds. The zero-order valence-electron chi connectivity index (χ0n) is 38.0. The first-order valence-electron chi connectivity index (χ1n) is 23.4. The highest BCUT2D eigenvalue weighted by molar-refractivity contribution is 7.26. The lowest BCUT2D eigenvalue weighted by Gasteiger charge is -2.37. The molecule has 14 rings (SSSR count). The van der Waals surface area contributed by atoms with Gasteiger partial charge in [0.05, 0.1) is 22.4 Å². The molecule has 0 saturated heterocycles. The molecule has 0 saturated carbocycles. The average Bonchev–Trinajstić information content (AvgIpc) is 3.97. The van der Waals surface area contributed by atoms with Gasteiger partial charge in [-0.15, -0.1) is 11.3 Å². The Morgan fingerprint density at radius 2 is 1.19 bits per heavy atom. The second-order valence-electron chi connectivity index (χ2n) is 20.0. The van der Waals surface area contributed by atoms with Crippen LogP contribution in [0.2, 0.25) is 0 Å². The fourth-order valence-electron chi connectivity index (χ4n) is 11.8. The van der Waals surface area contributed by atoms with Crippen molar-refractivity contribution in [1.29, 1.82) is 0 Å². The molecule has 0 atom stereocenters. The van der Waals surface area contributed by atoms with E-state index in [1.165, 1.54) is 80.7 Å². The number of benzene rings is 9. The molecule has 6 heteroatoms. The van der Waals surface area contributed by atoms with E-state index in [4.69, 9.17) is 9.47 Å². The van der Waals surface area contributed by atoms with Gasteiger partial charge < -0.3 is 18.9 Å². The van der Waals surface area contributed by atoms with E-state index in [2.05, 4.69) is 226 Å². The van der Waals surface area contributed by atoms with Gasteiger partial charge in [0.25, 0.3) is 6.71 Å². The van der Waals surface area contributed by atoms with Gasteiger partial charge in [-0.1, -0.05) is 150 Å². The quantitative estimate of drug-likeness (QED) is 0.165. The lowest BCUT2D eigenvalue weighted by atomic mass is 9.33. The molecule has 0 radical (unpaired) electrons. The monoisotopic (exact) mass is 880 g/mol. The minimum Gasteiger partial charge on any atom is -0.458 e. The number of hydrogen-bond donors (Lipinski definition) is 0. The Balaban J connectivity index is 1.12. The van der Waals surface area contributed by atoms with E-state index in [0.29, 0.717) is 0 Å². The summed E-state index contributed by atoms with van der Waals surface area (Å²) >= 11 is 1.87. The maximum atomic E-state index is 7.60. The number of fused-ring (bicyclic) bond motifs is 15. The number of nitrogens with zero attached hydrogens (tertiary/aromatic N) is 2. The Morgan fingerprint density at radius 1 is 0.552 bits per heavy atom. The van der Waals surface area contributed by atoms with E-state index in [-0.39, 0.29) is 17.5 Å². The predicted octanol–water partition coefficient (Wildman–Crippen LogP) is 15.0. The van der Waals surface area contributed by atoms with Crippen LogP contribution >= 0.6 is 11.3 Å². The second-order valence-corrected chi connectivity index (χ2v) is 21.1. The highest BCUT2D eigenvalue weighted by atomic mass is 32.1. The van der Waals surface area contributed by atoms with Crippen molar-refractivity contribution in [3.8, 4) is 39.8 Å². The van der Waals surface area contributed by atoms with Crippen molar-refractivity contribution in [2.24, 2.45) is 0 Å². The minimum absolute atomic E-state index is 0.0735. The SMILES string of the molecule is CC(C)(C)c1ccc2c(c1)B1c3c(cc(N(c4ccccc4)c4ccccc4)cc3Oc3cc(-n4c5ccccc5c5ccc6sc7ccccc7c6c54)c4c(c31)-c1ccccc1C4(C)C)O2. The molecule has 67 heavy (non-hydrogen) atoms. The second kappa shape index (κ2) is 13.8. The van der Waals surface area contributed by atoms with Crippen molar-refractivity contribution in [3.05, 3.63) is 199 Å². The molecule has 1 aliphatic carbocycles. The number of rotatable bonds is 4. The van der Waals surface area contributed by atoms with E-state index < -0.39 is 0 Å². The van der Waals surface area contributed by atoms with Gasteiger partial charge in [-0.3, -0.25) is 0 Å². The van der Waals surface area contributed by atoms with Gasteiger partial charge in [0.2, 0.25) is 0 Å². The summed E-state index contributed by atoms with van der Waals surface area (Å²) < 4.78 is 19.9. The average molecular weight is 881 g/mol. The molecule has 2 aromatic heterocycles. The van der Waals surface area contributed by atoms with Gasteiger partial charge in [0, 0.05) is 71.4 Å². The molecule has 320 valence electrons. The van der Waals surface area contributed by atoms with Gasteiger partial charge in [-0.2, -0.15) is 0 Å². The van der Waals surface area contributed by atoms with Crippen molar-refractivity contribution in [3.63, 3.8) is 0 Å². The van der Waals surface area contributed by atoms with Crippen LogP contribution in [0.3, 0.4) is 0 Å². The summed E-state index contributed by atoms with van der Waals surface area (Å²) in [5, 5.41) is 5.07. The summed E-state index contributed by atoms with van der Waals surface area (Å²) in [6.45, 7) is 11.6. The van der Waals surface area contributed by atoms with Crippen LogP contribution in [0.4, 0.5) is 17.1 Å². The van der Waals surface area contributed by atoms with Crippen LogP contribution in [0.15, 0.2) is 182 Å². The molecule has 0 N–H and O–H groups in total. The van der Waals surface area contributed by atoms with Gasteiger partial charge in [-0.05, 0) is 92.7 Å². The van der Waals surface area contributed by atoms with E-state index in [0.717, 1.165) is 51.2 Å². The van der Waals surface area contributed by atoms with Crippen molar-refractivity contribution in [1.82, 2.24) is 4.57 Å². The van der Waals surface area contributed by atoms with Gasteiger partial charge in [0.15, 0.2) is 0 Å². The van der Waals surface area contributed by atoms with Crippen LogP contribution in [0.1, 0.15) is 51.3 Å². The molecule has 0 fully saturated rings. The Bertz CT molecular complexity index is 3860. The summed E-state index contributed by atoms with van der Waals surface area (Å²) in [5.74, 6) is 3.37. The summed E-state index contributed by atoms with van der Waals surface area (Å²) in [5.41, 5.74) is 16.1. The molecule has 4 heterocycles. The van der Waals surface area contributed by atoms with Crippen LogP contribution in [0.25, 0.3) is 58.8 Å². The Labute approximate surface area is 394 Å². The van der Waals surface area contributed by atoms with Crippen LogP contribution in [-0.2, 0) is 10.8 Å². The third-order valence-electron chi connectivity index (χ3n) is 14.8. The predicted molar refractivity (Wildman–Crippen MR) is 282 cm³/mol. The molecule has 0 unspecified atom stereocenters. The van der Waals surface area contributed by atoms with Crippen LogP contribution in [-0.4, -0.2) is 11.3 Å². The molecule has 3 aliphatic rings. The molecule has 0 bridgehead atoms. The molecule has 0 spiro atoms. The third-order valence-corrected chi connectivity index (χ3v) is 15.9. The lowest BCUT2D eigenvalue weighted by molar-refractivity contribution is 0.464. The largest absolute Gasteiger partial charge is 0.458 e. The topological polar surface area (TPSA) is 26.6 Å². The van der Waals surface area contributed by atoms with Crippen molar-refractivity contribution >= 4 is 93.5 Å². The molecular weight excluding hydrogens is 836 g/mol. The Hall–Kier alpha value is -7.54. The van der Waals surface area contributed by atoms with Gasteiger partial charge in [-0.25, -0.2) is 0 Å². The number of ether oxygens (including phenoxy) is 2. The first-order valence-corrected chi connectivity index (χ1v) is 24.2. The number of hydrogen-bond acceptors (Lipinski definition) is 4. The number of para-hydroxylation sites is 3. The minimum atomic E-state index is -0.349. The van der Waals surface area contributed by atoms with E-state index in [1.54, 1.807) is 0 Å². The fourth-order valence-corrected chi connectivity index (χ4v) is 12.9. The summed E-state index contributed by atoms with van der Waals surface area (Å²) in [7, 11) is 0. The maximum absolute atomic E-state index is 7.60. The van der Waals surface area contributed by atoms with E-state index >= 15 is 0 Å². The zero-order chi connectivity index (χ0) is 44.9. The van der Waals surface area contributed by atoms with Crippen LogP contribution < -0.4 is 30.8 Å². The van der Waals surface area contributed by atoms with Crippen molar-refractivity contribution < 1.29 is 9.47 Å². The Morgan fingerprint density at radius 3 is 1.94 bits per heavy atom. The summed E-state index contributed by atoms with van der Waals surface area (Å²) in [6.07, 6.45) is 0. The zero-order valence-corrected chi connectivity index (χ0v) is 38.8. The van der Waals surface area contributed by atoms with Crippen molar-refractivity contribution in [2.45, 2.75) is 45.4 Å². The first kappa shape index (κ1) is 38.7. The van der Waals surface area contributed by atoms with E-state index in [9.17, 15) is 0 Å². The summed E-state index contributed by atoms with van der Waals surface area (Å²) in [6, 6.07) is 66.5. The molecule has 9 aromatic carbocycles. The fraction of sp³-hybridized carbons (Fsp3) is 0.115. The molecular formula is C61H45BN2O2S. The highest BCUT2D eigenvalue weighted by Crippen LogP contribution is 2.55. The smallest absolute Gasteiger partial charge is 0.261 e. The van der Waals surface area contributed by atoms with Crippen LogP contribution in [0.5, 0.6) is 23.0 Å². The van der Waals surface area contributed by atoms with E-state index in [1.807, 2.05) is 11.3 Å². The number of thiophene rings is 1. The van der Waals surface area contributed by atoms with Crippen LogP contribution in [0, 0.1) is 0 Å². The standard InChI is InChI=1S/C61H45BN2O2S/c1-60(2,3)36-28-30-48-45(32-36)62-57-49(65-48)33-39(63(37-18-8-6-9-19-37)38-20-10-7-11-21-38)34-50(57)66-51-35-47(56-55(58(51)62)42-23-12-15-25-44(42)61(56,4)5)64-46-26-16-13-22-40(46)41-29-31-53-54(59(41)64)43-24-14-17-27-52(43)67-53/h6-35H,1-5H3. The molecule has 11 aromatic rings. The number of anilines is 3. The first-order chi connectivity index (χ1) is 32.6. The van der Waals surface area contributed by atoms with Crippen molar-refractivity contribution in [2.75, 3.05) is 4.90 Å². The van der Waals surface area contributed by atoms with Gasteiger partial charge >= 0.3 is 0 Å². The highest BCUT2D eigenvalue weighted by Gasteiger charge is 2.48. The Kier molecular flexibility index (Phi) is 7.95.